The first-order chi connectivity index (χ1) is 16.7. The monoisotopic (exact) mass is 466 g/mol. The van der Waals surface area contributed by atoms with Crippen LogP contribution in [0.25, 0.3) is 11.3 Å². The van der Waals surface area contributed by atoms with Crippen LogP contribution in [0.1, 0.15) is 41.2 Å². The molecule has 9 heteroatoms. The van der Waals surface area contributed by atoms with E-state index in [1.165, 1.54) is 13.2 Å². The van der Waals surface area contributed by atoms with Crippen LogP contribution in [0, 0.1) is 5.82 Å². The highest BCUT2D eigenvalue weighted by Crippen LogP contribution is 2.44. The molecule has 2 aromatic heterocycles. The molecule has 8 nitrogen and oxygen atoms in total. The highest BCUT2D eigenvalue weighted by Gasteiger charge is 2.33. The Labute approximate surface area is 196 Å². The van der Waals surface area contributed by atoms with Crippen molar-refractivity contribution in [1.29, 1.82) is 0 Å². The van der Waals surface area contributed by atoms with Gasteiger partial charge in [-0.1, -0.05) is 6.07 Å². The highest BCUT2D eigenvalue weighted by atomic mass is 19.1. The fourth-order valence-electron chi connectivity index (χ4n) is 4.51. The number of nitrogens with zero attached hydrogens (tertiary/aromatic N) is 1. The normalized spacial score (nSPS) is 18.2. The Morgan fingerprint density at radius 1 is 1.21 bits per heavy atom. The molecule has 5 rings (SSSR count). The fraction of sp³-hybridized carbons (Fsp3) is 0.360. The summed E-state index contributed by atoms with van der Waals surface area (Å²) in [5.41, 5.74) is 3.71. The van der Waals surface area contributed by atoms with Crippen LogP contribution in [0.5, 0.6) is 11.5 Å². The molecular weight excluding hydrogens is 439 g/mol. The van der Waals surface area contributed by atoms with Gasteiger partial charge < -0.3 is 29.8 Å². The number of aromatic nitrogens is 2. The third-order valence-electron chi connectivity index (χ3n) is 6.21. The van der Waals surface area contributed by atoms with Gasteiger partial charge in [0, 0.05) is 43.1 Å². The molecule has 1 unspecified atom stereocenters. The number of carbonyl (C=O) groups is 1. The molecule has 3 N–H and O–H groups in total. The predicted molar refractivity (Wildman–Crippen MR) is 125 cm³/mol. The van der Waals surface area contributed by atoms with Crippen molar-refractivity contribution >= 4 is 17.3 Å². The van der Waals surface area contributed by atoms with E-state index in [4.69, 9.17) is 14.2 Å². The van der Waals surface area contributed by atoms with Crippen molar-refractivity contribution in [2.45, 2.75) is 25.2 Å². The van der Waals surface area contributed by atoms with Crippen molar-refractivity contribution in [1.82, 2.24) is 15.3 Å². The maximum atomic E-state index is 14.4. The van der Waals surface area contributed by atoms with Gasteiger partial charge in [-0.05, 0) is 37.5 Å². The summed E-state index contributed by atoms with van der Waals surface area (Å²) in [5, 5.41) is 6.28. The molecule has 34 heavy (non-hydrogen) atoms. The average Bonchev–Trinajstić information content (AvgIpc) is 3.22. The van der Waals surface area contributed by atoms with Crippen molar-refractivity contribution in [3.05, 3.63) is 53.7 Å². The summed E-state index contributed by atoms with van der Waals surface area (Å²) in [5.74, 6) is 0.0233. The van der Waals surface area contributed by atoms with Crippen molar-refractivity contribution in [3.63, 3.8) is 0 Å². The van der Waals surface area contributed by atoms with Gasteiger partial charge in [0.15, 0.2) is 11.6 Å². The summed E-state index contributed by atoms with van der Waals surface area (Å²) in [4.78, 5) is 20.8. The molecule has 1 amide bonds. The maximum absolute atomic E-state index is 14.4. The van der Waals surface area contributed by atoms with E-state index < -0.39 is 5.82 Å². The fourth-order valence-corrected chi connectivity index (χ4v) is 4.51. The van der Waals surface area contributed by atoms with E-state index in [9.17, 15) is 9.18 Å². The molecule has 4 heterocycles. The van der Waals surface area contributed by atoms with Crippen molar-refractivity contribution in [2.24, 2.45) is 0 Å². The number of rotatable bonds is 3. The van der Waals surface area contributed by atoms with Crippen LogP contribution in [-0.2, 0) is 4.74 Å². The Morgan fingerprint density at radius 3 is 2.97 bits per heavy atom. The number of hydrogen-bond acceptors (Lipinski definition) is 6. The SMILES string of the molecule is COc1c(F)cccc1Nc1c2[nH]c3c1C(=O)NCC3CCOCCCCOc1cnccc1-2. The minimum Gasteiger partial charge on any atom is -0.492 e. The second-order valence-electron chi connectivity index (χ2n) is 8.34. The highest BCUT2D eigenvalue weighted by molar-refractivity contribution is 6.07. The molecule has 2 aliphatic rings. The Balaban J connectivity index is 1.69. The first kappa shape index (κ1) is 22.2. The van der Waals surface area contributed by atoms with Crippen LogP contribution >= 0.6 is 0 Å². The number of aromatic amines is 1. The number of carbonyl (C=O) groups excluding carboxylic acids is 1. The zero-order valence-corrected chi connectivity index (χ0v) is 18.9. The Kier molecular flexibility index (Phi) is 6.35. The number of fused-ring (bicyclic) bond motifs is 3. The Hall–Kier alpha value is -3.59. The largest absolute Gasteiger partial charge is 0.492 e. The summed E-state index contributed by atoms with van der Waals surface area (Å²) in [6.45, 7) is 2.29. The minimum absolute atomic E-state index is 0.0468. The van der Waals surface area contributed by atoms with Crippen LogP contribution in [0.3, 0.4) is 0 Å². The number of ether oxygens (including phenoxy) is 3. The van der Waals surface area contributed by atoms with Gasteiger partial charge in [0.05, 0.1) is 42.5 Å². The molecule has 0 aliphatic carbocycles. The van der Waals surface area contributed by atoms with E-state index in [1.807, 2.05) is 6.07 Å². The molecule has 2 bridgehead atoms. The third-order valence-corrected chi connectivity index (χ3v) is 6.21. The number of methoxy groups -OCH3 is 1. The lowest BCUT2D eigenvalue weighted by Gasteiger charge is -2.24. The summed E-state index contributed by atoms with van der Waals surface area (Å²) in [6.07, 6.45) is 5.86. The van der Waals surface area contributed by atoms with Gasteiger partial charge in [-0.2, -0.15) is 0 Å². The first-order valence-corrected chi connectivity index (χ1v) is 11.5. The van der Waals surface area contributed by atoms with E-state index in [0.717, 1.165) is 30.5 Å². The average molecular weight is 467 g/mol. The van der Waals surface area contributed by atoms with Crippen molar-refractivity contribution in [2.75, 3.05) is 38.8 Å². The molecule has 0 radical (unpaired) electrons. The van der Waals surface area contributed by atoms with E-state index in [0.29, 0.717) is 54.7 Å². The van der Waals surface area contributed by atoms with Gasteiger partial charge in [-0.3, -0.25) is 9.78 Å². The molecule has 1 atom stereocenters. The van der Waals surface area contributed by atoms with Crippen molar-refractivity contribution in [3.8, 4) is 22.8 Å². The van der Waals surface area contributed by atoms with E-state index in [1.54, 1.807) is 24.5 Å². The zero-order valence-electron chi connectivity index (χ0n) is 18.9. The first-order valence-electron chi connectivity index (χ1n) is 11.5. The Morgan fingerprint density at radius 2 is 2.09 bits per heavy atom. The minimum atomic E-state index is -0.496. The number of halogens is 1. The number of pyridine rings is 1. The summed E-state index contributed by atoms with van der Waals surface area (Å²) in [6, 6.07) is 6.48. The quantitative estimate of drug-likeness (QED) is 0.530. The number of nitrogens with one attached hydrogen (secondary N) is 3. The van der Waals surface area contributed by atoms with Crippen LogP contribution in [-0.4, -0.2) is 49.4 Å². The molecule has 0 fully saturated rings. The number of anilines is 2. The van der Waals surface area contributed by atoms with Crippen molar-refractivity contribution < 1.29 is 23.4 Å². The summed E-state index contributed by atoms with van der Waals surface area (Å²) in [7, 11) is 1.41. The van der Waals surface area contributed by atoms with Crippen LogP contribution < -0.4 is 20.1 Å². The molecule has 2 aliphatic heterocycles. The van der Waals surface area contributed by atoms with Gasteiger partial charge in [0.1, 0.15) is 5.75 Å². The van der Waals surface area contributed by atoms with Gasteiger partial charge in [0.2, 0.25) is 0 Å². The predicted octanol–water partition coefficient (Wildman–Crippen LogP) is 4.37. The molecule has 0 spiro atoms. The second kappa shape index (κ2) is 9.72. The molecule has 0 saturated heterocycles. The van der Waals surface area contributed by atoms with Gasteiger partial charge in [-0.15, -0.1) is 0 Å². The standard InChI is InChI=1S/C25H27FN4O4/c1-32-24-17(26)5-4-6-18(24)29-23-20-21-15(13-28-25(20)31)8-12-33-10-2-3-11-34-19-14-27-9-7-16(19)22(23)30-21/h4-7,9,14-15,29-30H,2-3,8,10-13H2,1H3,(H,28,31). The van der Waals surface area contributed by atoms with E-state index in [-0.39, 0.29) is 17.6 Å². The van der Waals surface area contributed by atoms with Crippen LogP contribution in [0.4, 0.5) is 15.8 Å². The molecule has 1 aromatic carbocycles. The number of para-hydroxylation sites is 1. The molecule has 0 saturated carbocycles. The summed E-state index contributed by atoms with van der Waals surface area (Å²) < 4.78 is 31.6. The topological polar surface area (TPSA) is 97.5 Å². The lowest BCUT2D eigenvalue weighted by atomic mass is 9.93. The number of benzene rings is 1. The van der Waals surface area contributed by atoms with Gasteiger partial charge in [-0.25, -0.2) is 4.39 Å². The molecular formula is C25H27FN4O4. The maximum Gasteiger partial charge on any atom is 0.255 e. The smallest absolute Gasteiger partial charge is 0.255 e. The van der Waals surface area contributed by atoms with E-state index in [2.05, 4.69) is 20.6 Å². The Bertz CT molecular complexity index is 1200. The number of H-pyrrole nitrogens is 1. The third kappa shape index (κ3) is 4.19. The second-order valence-corrected chi connectivity index (χ2v) is 8.34. The number of hydrogen-bond donors (Lipinski definition) is 3. The number of amides is 1. The molecule has 178 valence electrons. The summed E-state index contributed by atoms with van der Waals surface area (Å²) >= 11 is 0. The van der Waals surface area contributed by atoms with Crippen LogP contribution in [0.15, 0.2) is 36.7 Å². The molecule has 3 aromatic rings. The zero-order chi connectivity index (χ0) is 23.5. The lowest BCUT2D eigenvalue weighted by molar-refractivity contribution is 0.0924. The van der Waals surface area contributed by atoms with E-state index >= 15 is 0 Å². The van der Waals surface area contributed by atoms with Crippen LogP contribution in [0.2, 0.25) is 0 Å². The van der Waals surface area contributed by atoms with Gasteiger partial charge in [0.25, 0.3) is 5.91 Å². The van der Waals surface area contributed by atoms with Gasteiger partial charge >= 0.3 is 0 Å². The lowest BCUT2D eigenvalue weighted by Crippen LogP contribution is -2.35.